The van der Waals surface area contributed by atoms with E-state index in [1.54, 1.807) is 24.3 Å². The van der Waals surface area contributed by atoms with Gasteiger partial charge in [-0.05, 0) is 42.7 Å². The summed E-state index contributed by atoms with van der Waals surface area (Å²) in [5, 5.41) is 11.7. The molecule has 1 N–H and O–H groups in total. The van der Waals surface area contributed by atoms with Crippen molar-refractivity contribution < 1.29 is 14.3 Å². The molecule has 0 aromatic heterocycles. The molecule has 28 heavy (non-hydrogen) atoms. The predicted molar refractivity (Wildman–Crippen MR) is 110 cm³/mol. The van der Waals surface area contributed by atoms with Crippen LogP contribution in [0.4, 0.5) is 0 Å². The molecule has 6 heteroatoms. The van der Waals surface area contributed by atoms with Crippen LogP contribution in [0.5, 0.6) is 0 Å². The van der Waals surface area contributed by atoms with Crippen LogP contribution in [0.15, 0.2) is 53.4 Å². The van der Waals surface area contributed by atoms with Crippen molar-refractivity contribution >= 4 is 23.6 Å². The molecule has 0 spiro atoms. The fraction of sp³-hybridized carbons (Fsp3) is 0.318. The lowest BCUT2D eigenvalue weighted by atomic mass is 10.1. The van der Waals surface area contributed by atoms with Crippen molar-refractivity contribution in [2.75, 3.05) is 6.61 Å². The summed E-state index contributed by atoms with van der Waals surface area (Å²) in [6, 6.07) is 16.6. The van der Waals surface area contributed by atoms with Crippen LogP contribution in [0.3, 0.4) is 0 Å². The van der Waals surface area contributed by atoms with Gasteiger partial charge in [-0.2, -0.15) is 5.26 Å². The largest absolute Gasteiger partial charge is 0.452 e. The van der Waals surface area contributed by atoms with Crippen LogP contribution < -0.4 is 5.32 Å². The molecule has 0 aliphatic carbocycles. The van der Waals surface area contributed by atoms with Crippen molar-refractivity contribution in [3.8, 4) is 6.07 Å². The maximum atomic E-state index is 12.4. The first kappa shape index (κ1) is 21.5. The molecular formula is C22H24N2O3S. The van der Waals surface area contributed by atoms with Crippen molar-refractivity contribution in [2.24, 2.45) is 5.92 Å². The third kappa shape index (κ3) is 6.43. The van der Waals surface area contributed by atoms with Gasteiger partial charge in [0, 0.05) is 16.7 Å². The first-order chi connectivity index (χ1) is 13.4. The molecule has 5 nitrogen and oxygen atoms in total. The van der Waals surface area contributed by atoms with Gasteiger partial charge in [-0.3, -0.25) is 4.79 Å². The first-order valence-corrected chi connectivity index (χ1v) is 10.1. The summed E-state index contributed by atoms with van der Waals surface area (Å²) < 4.78 is 5.19. The Morgan fingerprint density at radius 3 is 2.43 bits per heavy atom. The number of carbonyl (C=O) groups is 2. The summed E-state index contributed by atoms with van der Waals surface area (Å²) in [5.41, 5.74) is 2.10. The average Bonchev–Trinajstić information content (AvgIpc) is 2.71. The molecule has 2 aromatic rings. The third-order valence-corrected chi connectivity index (χ3v) is 5.45. The van der Waals surface area contributed by atoms with Crippen molar-refractivity contribution in [3.05, 3.63) is 65.2 Å². The number of carbonyl (C=O) groups excluding carboxylic acids is 2. The van der Waals surface area contributed by atoms with Crippen LogP contribution in [0.2, 0.25) is 0 Å². The summed E-state index contributed by atoms with van der Waals surface area (Å²) in [7, 11) is 0. The van der Waals surface area contributed by atoms with Gasteiger partial charge in [0.2, 0.25) is 0 Å². The fourth-order valence-electron chi connectivity index (χ4n) is 2.27. The smallest absolute Gasteiger partial charge is 0.339 e. The number of nitrogens with zero attached hydrogens (tertiary/aromatic N) is 1. The highest BCUT2D eigenvalue weighted by Gasteiger charge is 2.16. The van der Waals surface area contributed by atoms with Crippen molar-refractivity contribution in [1.29, 1.82) is 5.26 Å². The lowest BCUT2D eigenvalue weighted by molar-refractivity contribution is -0.125. The lowest BCUT2D eigenvalue weighted by Crippen LogP contribution is -2.38. The van der Waals surface area contributed by atoms with E-state index in [0.29, 0.717) is 22.8 Å². The number of amides is 1. The summed E-state index contributed by atoms with van der Waals surface area (Å²) in [6.45, 7) is 5.64. The molecular weight excluding hydrogens is 372 g/mol. The zero-order valence-electron chi connectivity index (χ0n) is 16.3. The van der Waals surface area contributed by atoms with Gasteiger partial charge in [-0.25, -0.2) is 4.79 Å². The Labute approximate surface area is 170 Å². The van der Waals surface area contributed by atoms with E-state index >= 15 is 0 Å². The van der Waals surface area contributed by atoms with E-state index in [2.05, 4.69) is 11.4 Å². The number of esters is 1. The monoisotopic (exact) mass is 396 g/mol. The number of nitrogens with one attached hydrogen (secondary N) is 1. The molecule has 146 valence electrons. The Hall–Kier alpha value is -2.78. The average molecular weight is 397 g/mol. The number of benzene rings is 2. The topological polar surface area (TPSA) is 79.2 Å². The molecule has 1 atom stereocenters. The maximum Gasteiger partial charge on any atom is 0.339 e. The second-order valence-corrected chi connectivity index (χ2v) is 7.79. The van der Waals surface area contributed by atoms with Crippen LogP contribution in [0, 0.1) is 17.2 Å². The minimum absolute atomic E-state index is 0.0152. The number of hydrogen-bond donors (Lipinski definition) is 1. The number of rotatable bonds is 8. The summed E-state index contributed by atoms with van der Waals surface area (Å²) >= 11 is 1.51. The first-order valence-electron chi connectivity index (χ1n) is 9.08. The van der Waals surface area contributed by atoms with Crippen LogP contribution in [-0.2, 0) is 15.3 Å². The molecule has 0 saturated heterocycles. The summed E-state index contributed by atoms with van der Waals surface area (Å²) in [4.78, 5) is 25.1. The SMILES string of the molecule is CC(C)[C@@H](C)NC(=O)COC(=O)c1ccccc1SCc1ccc(C#N)cc1. The number of nitriles is 1. The minimum atomic E-state index is -0.518. The van der Waals surface area contributed by atoms with Crippen molar-refractivity contribution in [2.45, 2.75) is 37.5 Å². The fourth-order valence-corrected chi connectivity index (χ4v) is 3.27. The normalized spacial score (nSPS) is 11.5. The second-order valence-electron chi connectivity index (χ2n) is 6.77. The van der Waals surface area contributed by atoms with E-state index in [1.807, 2.05) is 45.0 Å². The molecule has 0 saturated carbocycles. The van der Waals surface area contributed by atoms with Crippen LogP contribution in [0.25, 0.3) is 0 Å². The van der Waals surface area contributed by atoms with Gasteiger partial charge in [0.25, 0.3) is 5.91 Å². The molecule has 2 rings (SSSR count). The zero-order chi connectivity index (χ0) is 20.5. The van der Waals surface area contributed by atoms with Crippen LogP contribution in [0.1, 0.15) is 42.3 Å². The van der Waals surface area contributed by atoms with Gasteiger partial charge < -0.3 is 10.1 Å². The molecule has 0 aliphatic heterocycles. The van der Waals surface area contributed by atoms with Gasteiger partial charge in [0.15, 0.2) is 6.61 Å². The second kappa shape index (κ2) is 10.5. The van der Waals surface area contributed by atoms with Gasteiger partial charge in [0.05, 0.1) is 17.2 Å². The molecule has 0 aliphatic rings. The molecule has 1 amide bonds. The quantitative estimate of drug-likeness (QED) is 0.535. The highest BCUT2D eigenvalue weighted by molar-refractivity contribution is 7.98. The molecule has 0 radical (unpaired) electrons. The highest BCUT2D eigenvalue weighted by atomic mass is 32.2. The van der Waals surface area contributed by atoms with Gasteiger partial charge >= 0.3 is 5.97 Å². The summed E-state index contributed by atoms with van der Waals surface area (Å²) in [6.07, 6.45) is 0. The molecule has 0 fully saturated rings. The Morgan fingerprint density at radius 2 is 1.79 bits per heavy atom. The van der Waals surface area contributed by atoms with E-state index < -0.39 is 5.97 Å². The van der Waals surface area contributed by atoms with Gasteiger partial charge in [-0.1, -0.05) is 38.1 Å². The molecule has 2 aromatic carbocycles. The Morgan fingerprint density at radius 1 is 1.11 bits per heavy atom. The third-order valence-electron chi connectivity index (χ3n) is 4.31. The van der Waals surface area contributed by atoms with Gasteiger partial charge in [0.1, 0.15) is 0 Å². The Balaban J connectivity index is 1.95. The van der Waals surface area contributed by atoms with E-state index in [9.17, 15) is 9.59 Å². The van der Waals surface area contributed by atoms with Crippen molar-refractivity contribution in [1.82, 2.24) is 5.32 Å². The molecule has 0 unspecified atom stereocenters. The van der Waals surface area contributed by atoms with E-state index in [4.69, 9.17) is 10.00 Å². The van der Waals surface area contributed by atoms with Crippen LogP contribution >= 0.6 is 11.8 Å². The van der Waals surface area contributed by atoms with E-state index in [0.717, 1.165) is 10.5 Å². The summed E-state index contributed by atoms with van der Waals surface area (Å²) in [5.74, 6) is 0.133. The molecule has 0 bridgehead atoms. The number of hydrogen-bond acceptors (Lipinski definition) is 5. The van der Waals surface area contributed by atoms with E-state index in [-0.39, 0.29) is 18.6 Å². The Kier molecular flexibility index (Phi) is 8.09. The number of thioether (sulfide) groups is 1. The minimum Gasteiger partial charge on any atom is -0.452 e. The maximum absolute atomic E-state index is 12.4. The molecule has 0 heterocycles. The van der Waals surface area contributed by atoms with Gasteiger partial charge in [-0.15, -0.1) is 11.8 Å². The number of ether oxygens (including phenoxy) is 1. The zero-order valence-corrected chi connectivity index (χ0v) is 17.1. The lowest BCUT2D eigenvalue weighted by Gasteiger charge is -2.17. The predicted octanol–water partition coefficient (Wildman–Crippen LogP) is 4.17. The highest BCUT2D eigenvalue weighted by Crippen LogP contribution is 2.27. The van der Waals surface area contributed by atoms with E-state index in [1.165, 1.54) is 11.8 Å². The standard InChI is InChI=1S/C22H24N2O3S/c1-15(2)16(3)24-21(25)13-27-22(26)19-6-4-5-7-20(19)28-14-18-10-8-17(12-23)9-11-18/h4-11,15-16H,13-14H2,1-3H3,(H,24,25)/t16-/m1/s1. The van der Waals surface area contributed by atoms with Crippen LogP contribution in [-0.4, -0.2) is 24.5 Å². The van der Waals surface area contributed by atoms with Crippen molar-refractivity contribution in [3.63, 3.8) is 0 Å². The Bertz CT molecular complexity index is 857.